The molecule has 0 aliphatic heterocycles. The number of aryl methyl sites for hydroxylation is 1. The first-order chi connectivity index (χ1) is 13.3. The SMILES string of the molecule is Cc1cc(-c2nc(-c3ccc4nc[nH]c4c3)no2)ccc1OC(C)C(F)(F)F.Cl. The molecule has 29 heavy (non-hydrogen) atoms. The predicted octanol–water partition coefficient (Wildman–Crippen LogP) is 5.34. The molecule has 0 spiro atoms. The van der Waals surface area contributed by atoms with Crippen LogP contribution in [-0.2, 0) is 0 Å². The maximum atomic E-state index is 12.7. The number of nitrogens with zero attached hydrogens (tertiary/aromatic N) is 3. The van der Waals surface area contributed by atoms with Gasteiger partial charge in [0.1, 0.15) is 5.75 Å². The van der Waals surface area contributed by atoms with Crippen LogP contribution in [0.25, 0.3) is 33.9 Å². The molecule has 0 aliphatic rings. The van der Waals surface area contributed by atoms with E-state index in [4.69, 9.17) is 9.26 Å². The lowest BCUT2D eigenvalue weighted by Crippen LogP contribution is -2.31. The number of nitrogens with one attached hydrogen (secondary N) is 1. The first-order valence-corrected chi connectivity index (χ1v) is 8.43. The third-order valence-electron chi connectivity index (χ3n) is 4.29. The minimum atomic E-state index is -4.43. The van der Waals surface area contributed by atoms with Crippen molar-refractivity contribution in [3.8, 4) is 28.6 Å². The van der Waals surface area contributed by atoms with Crippen LogP contribution < -0.4 is 4.74 Å². The summed E-state index contributed by atoms with van der Waals surface area (Å²) in [6, 6.07) is 10.2. The number of hydrogen-bond acceptors (Lipinski definition) is 5. The molecule has 2 aromatic carbocycles. The summed E-state index contributed by atoms with van der Waals surface area (Å²) in [5.41, 5.74) is 3.55. The zero-order valence-electron chi connectivity index (χ0n) is 15.3. The van der Waals surface area contributed by atoms with E-state index in [-0.39, 0.29) is 24.0 Å². The van der Waals surface area contributed by atoms with E-state index in [0.717, 1.165) is 23.5 Å². The number of hydrogen-bond donors (Lipinski definition) is 1. The molecule has 1 atom stereocenters. The van der Waals surface area contributed by atoms with E-state index >= 15 is 0 Å². The summed E-state index contributed by atoms with van der Waals surface area (Å²) >= 11 is 0. The van der Waals surface area contributed by atoms with Crippen LogP contribution in [0.5, 0.6) is 5.75 Å². The maximum Gasteiger partial charge on any atom is 0.425 e. The minimum Gasteiger partial charge on any atom is -0.481 e. The lowest BCUT2D eigenvalue weighted by atomic mass is 10.1. The number of rotatable bonds is 4. The summed E-state index contributed by atoms with van der Waals surface area (Å²) in [5.74, 6) is 0.811. The van der Waals surface area contributed by atoms with Crippen LogP contribution in [-0.4, -0.2) is 32.4 Å². The molecular weight excluding hydrogens is 409 g/mol. The van der Waals surface area contributed by atoms with Crippen LogP contribution in [0.3, 0.4) is 0 Å². The largest absolute Gasteiger partial charge is 0.481 e. The van der Waals surface area contributed by atoms with E-state index in [9.17, 15) is 13.2 Å². The maximum absolute atomic E-state index is 12.7. The third kappa shape index (κ3) is 4.19. The van der Waals surface area contributed by atoms with Gasteiger partial charge in [-0.15, -0.1) is 12.4 Å². The van der Waals surface area contributed by atoms with Gasteiger partial charge in [0, 0.05) is 11.1 Å². The van der Waals surface area contributed by atoms with Crippen molar-refractivity contribution in [1.82, 2.24) is 20.1 Å². The third-order valence-corrected chi connectivity index (χ3v) is 4.29. The van der Waals surface area contributed by atoms with Gasteiger partial charge in [0.25, 0.3) is 5.89 Å². The molecule has 0 amide bonds. The number of alkyl halides is 3. The van der Waals surface area contributed by atoms with Gasteiger partial charge >= 0.3 is 6.18 Å². The summed E-state index contributed by atoms with van der Waals surface area (Å²) in [6.07, 6.45) is -4.73. The second kappa shape index (κ2) is 7.75. The standard InChI is InChI=1S/C19H15F3N4O2.ClH/c1-10-7-13(4-6-16(10)27-11(2)19(20,21)22)18-25-17(26-28-18)12-3-5-14-15(8-12)24-9-23-14;/h3-9,11H,1-2H3,(H,23,24);1H. The Labute approximate surface area is 169 Å². The van der Waals surface area contributed by atoms with E-state index in [1.807, 2.05) is 18.2 Å². The summed E-state index contributed by atoms with van der Waals surface area (Å²) in [6.45, 7) is 2.62. The number of aromatic amines is 1. The Balaban J connectivity index is 0.00000240. The lowest BCUT2D eigenvalue weighted by Gasteiger charge is -2.19. The molecule has 4 rings (SSSR count). The van der Waals surface area contributed by atoms with Gasteiger partial charge in [-0.1, -0.05) is 5.16 Å². The molecule has 0 saturated heterocycles. The van der Waals surface area contributed by atoms with Crippen molar-refractivity contribution >= 4 is 23.4 Å². The number of H-pyrrole nitrogens is 1. The summed E-state index contributed by atoms with van der Waals surface area (Å²) in [5, 5.41) is 3.99. The van der Waals surface area contributed by atoms with Crippen molar-refractivity contribution in [2.75, 3.05) is 0 Å². The van der Waals surface area contributed by atoms with E-state index in [1.165, 1.54) is 6.07 Å². The Kier molecular flexibility index (Phi) is 5.52. The highest BCUT2D eigenvalue weighted by atomic mass is 35.5. The Hall–Kier alpha value is -3.07. The van der Waals surface area contributed by atoms with Crippen LogP contribution in [0.15, 0.2) is 47.2 Å². The molecule has 0 fully saturated rings. The topological polar surface area (TPSA) is 76.8 Å². The lowest BCUT2D eigenvalue weighted by molar-refractivity contribution is -0.189. The first-order valence-electron chi connectivity index (χ1n) is 8.43. The zero-order valence-corrected chi connectivity index (χ0v) is 16.1. The monoisotopic (exact) mass is 424 g/mol. The van der Waals surface area contributed by atoms with Crippen molar-refractivity contribution in [3.05, 3.63) is 48.3 Å². The van der Waals surface area contributed by atoms with Crippen LogP contribution in [0.2, 0.25) is 0 Å². The summed E-state index contributed by atoms with van der Waals surface area (Å²) < 4.78 is 48.4. The quantitative estimate of drug-likeness (QED) is 0.478. The van der Waals surface area contributed by atoms with Crippen LogP contribution in [0.4, 0.5) is 13.2 Å². The van der Waals surface area contributed by atoms with Gasteiger partial charge < -0.3 is 14.2 Å². The molecule has 0 bridgehead atoms. The van der Waals surface area contributed by atoms with Crippen molar-refractivity contribution in [2.45, 2.75) is 26.1 Å². The van der Waals surface area contributed by atoms with Gasteiger partial charge in [0.05, 0.1) is 17.4 Å². The van der Waals surface area contributed by atoms with E-state index < -0.39 is 12.3 Å². The second-order valence-electron chi connectivity index (χ2n) is 6.34. The molecule has 1 N–H and O–H groups in total. The number of benzene rings is 2. The van der Waals surface area contributed by atoms with Gasteiger partial charge in [0.15, 0.2) is 6.10 Å². The molecule has 0 aliphatic carbocycles. The highest BCUT2D eigenvalue weighted by molar-refractivity contribution is 5.85. The Morgan fingerprint density at radius 1 is 1.10 bits per heavy atom. The fraction of sp³-hybridized carbons (Fsp3) is 0.211. The first kappa shape index (κ1) is 20.7. The number of fused-ring (bicyclic) bond motifs is 1. The Morgan fingerprint density at radius 2 is 1.86 bits per heavy atom. The van der Waals surface area contributed by atoms with E-state index in [1.54, 1.807) is 25.4 Å². The number of ether oxygens (including phenoxy) is 1. The normalized spacial score (nSPS) is 12.6. The molecule has 2 heterocycles. The molecule has 2 aromatic heterocycles. The number of aromatic nitrogens is 4. The smallest absolute Gasteiger partial charge is 0.425 e. The Bertz CT molecular complexity index is 1140. The molecule has 0 saturated carbocycles. The molecule has 4 aromatic rings. The highest BCUT2D eigenvalue weighted by Crippen LogP contribution is 2.30. The molecular formula is C19H16ClF3N4O2. The van der Waals surface area contributed by atoms with Gasteiger partial charge in [-0.05, 0) is 55.8 Å². The van der Waals surface area contributed by atoms with Gasteiger partial charge in [-0.2, -0.15) is 18.2 Å². The molecule has 10 heteroatoms. The van der Waals surface area contributed by atoms with Gasteiger partial charge in [-0.25, -0.2) is 4.98 Å². The fourth-order valence-corrected chi connectivity index (χ4v) is 2.70. The second-order valence-corrected chi connectivity index (χ2v) is 6.34. The van der Waals surface area contributed by atoms with Crippen molar-refractivity contribution < 1.29 is 22.4 Å². The Morgan fingerprint density at radius 3 is 2.59 bits per heavy atom. The molecule has 0 radical (unpaired) electrons. The number of halogens is 4. The molecule has 152 valence electrons. The highest BCUT2D eigenvalue weighted by Gasteiger charge is 2.38. The van der Waals surface area contributed by atoms with E-state index in [0.29, 0.717) is 17.0 Å². The molecule has 1 unspecified atom stereocenters. The zero-order chi connectivity index (χ0) is 19.9. The van der Waals surface area contributed by atoms with Gasteiger partial charge in [0.2, 0.25) is 5.82 Å². The van der Waals surface area contributed by atoms with Crippen molar-refractivity contribution in [1.29, 1.82) is 0 Å². The minimum absolute atomic E-state index is 0. The summed E-state index contributed by atoms with van der Waals surface area (Å²) in [7, 11) is 0. The van der Waals surface area contributed by atoms with Crippen molar-refractivity contribution in [2.24, 2.45) is 0 Å². The van der Waals surface area contributed by atoms with Gasteiger partial charge in [-0.3, -0.25) is 0 Å². The predicted molar refractivity (Wildman–Crippen MR) is 103 cm³/mol. The fourth-order valence-electron chi connectivity index (χ4n) is 2.70. The summed E-state index contributed by atoms with van der Waals surface area (Å²) in [4.78, 5) is 11.6. The van der Waals surface area contributed by atoms with Crippen molar-refractivity contribution in [3.63, 3.8) is 0 Å². The van der Waals surface area contributed by atoms with Crippen LogP contribution in [0.1, 0.15) is 12.5 Å². The van der Waals surface area contributed by atoms with Crippen LogP contribution >= 0.6 is 12.4 Å². The van der Waals surface area contributed by atoms with E-state index in [2.05, 4.69) is 20.1 Å². The van der Waals surface area contributed by atoms with Crippen LogP contribution in [0, 0.1) is 6.92 Å². The average molecular weight is 425 g/mol. The molecule has 6 nitrogen and oxygen atoms in total. The number of imidazole rings is 1. The average Bonchev–Trinajstić information content (AvgIpc) is 3.31.